The van der Waals surface area contributed by atoms with Gasteiger partial charge in [0.25, 0.3) is 0 Å². The maximum absolute atomic E-state index is 12.2. The van der Waals surface area contributed by atoms with Crippen LogP contribution < -0.4 is 5.32 Å². The Bertz CT molecular complexity index is 593. The van der Waals surface area contributed by atoms with E-state index in [9.17, 15) is 4.79 Å². The molecule has 2 bridgehead atoms. The molecule has 0 unspecified atom stereocenters. The summed E-state index contributed by atoms with van der Waals surface area (Å²) < 4.78 is 0. The minimum atomic E-state index is 0.0951. The van der Waals surface area contributed by atoms with Crippen LogP contribution in [0.1, 0.15) is 49.3 Å². The number of carbonyl (C=O) groups excluding carboxylic acids is 1. The number of carbonyl (C=O) groups is 1. The summed E-state index contributed by atoms with van der Waals surface area (Å²) in [6.45, 7) is 5.66. The van der Waals surface area contributed by atoms with Crippen molar-refractivity contribution in [3.63, 3.8) is 0 Å². The fourth-order valence-corrected chi connectivity index (χ4v) is 5.20. The summed E-state index contributed by atoms with van der Waals surface area (Å²) in [5.41, 5.74) is 4.64. The predicted octanol–water partition coefficient (Wildman–Crippen LogP) is 2.91. The minimum absolute atomic E-state index is 0.0951. The molecule has 1 saturated heterocycles. The average Bonchev–Trinajstić information content (AvgIpc) is 2.41. The van der Waals surface area contributed by atoms with Gasteiger partial charge in [-0.15, -0.1) is 0 Å². The Labute approximate surface area is 121 Å². The monoisotopic (exact) mass is 269 g/mol. The molecule has 2 nitrogen and oxygen atoms in total. The van der Waals surface area contributed by atoms with Gasteiger partial charge < -0.3 is 5.32 Å². The van der Waals surface area contributed by atoms with Gasteiger partial charge in [0.05, 0.1) is 0 Å². The standard InChI is InChI=1S/C18H23NO/c1-12-3-4-13-10-16-17(2)6-5-14(20)11-18(17,7-8-19-16)15(13)9-12/h3-4,9,16,19H,5-8,10-11H2,1-2H3/t16-,17+,18-/m1/s1. The first-order valence-electron chi connectivity index (χ1n) is 7.90. The number of benzene rings is 1. The first-order valence-corrected chi connectivity index (χ1v) is 7.90. The molecule has 20 heavy (non-hydrogen) atoms. The maximum atomic E-state index is 12.2. The first-order chi connectivity index (χ1) is 9.55. The summed E-state index contributed by atoms with van der Waals surface area (Å²) in [4.78, 5) is 12.2. The Morgan fingerprint density at radius 3 is 3.00 bits per heavy atom. The van der Waals surface area contributed by atoms with Crippen LogP contribution in [0.25, 0.3) is 0 Å². The second-order valence-electron chi connectivity index (χ2n) is 7.34. The molecule has 1 aliphatic heterocycles. The topological polar surface area (TPSA) is 29.1 Å². The smallest absolute Gasteiger partial charge is 0.133 e. The van der Waals surface area contributed by atoms with Crippen molar-refractivity contribution in [3.05, 3.63) is 34.9 Å². The van der Waals surface area contributed by atoms with Crippen molar-refractivity contribution < 1.29 is 4.79 Å². The van der Waals surface area contributed by atoms with E-state index in [1.807, 2.05) is 0 Å². The minimum Gasteiger partial charge on any atom is -0.313 e. The van der Waals surface area contributed by atoms with Crippen LogP contribution in [0.15, 0.2) is 18.2 Å². The van der Waals surface area contributed by atoms with Gasteiger partial charge in [-0.25, -0.2) is 0 Å². The van der Waals surface area contributed by atoms with E-state index in [1.165, 1.54) is 16.7 Å². The number of rotatable bonds is 0. The molecule has 2 aliphatic carbocycles. The molecule has 1 N–H and O–H groups in total. The van der Waals surface area contributed by atoms with Gasteiger partial charge in [0.2, 0.25) is 0 Å². The zero-order chi connectivity index (χ0) is 14.0. The lowest BCUT2D eigenvalue weighted by Crippen LogP contribution is -2.66. The van der Waals surface area contributed by atoms with E-state index in [1.54, 1.807) is 0 Å². The highest BCUT2D eigenvalue weighted by atomic mass is 16.1. The van der Waals surface area contributed by atoms with Crippen molar-refractivity contribution in [2.24, 2.45) is 5.41 Å². The maximum Gasteiger partial charge on any atom is 0.133 e. The van der Waals surface area contributed by atoms with Gasteiger partial charge in [-0.2, -0.15) is 0 Å². The van der Waals surface area contributed by atoms with Crippen LogP contribution in [-0.2, 0) is 16.6 Å². The van der Waals surface area contributed by atoms with E-state index in [4.69, 9.17) is 0 Å². The van der Waals surface area contributed by atoms with Gasteiger partial charge in [0, 0.05) is 24.3 Å². The summed E-state index contributed by atoms with van der Waals surface area (Å²) in [6.07, 6.45) is 4.83. The van der Waals surface area contributed by atoms with Crippen molar-refractivity contribution in [1.29, 1.82) is 0 Å². The molecule has 0 amide bonds. The van der Waals surface area contributed by atoms with E-state index in [-0.39, 0.29) is 10.8 Å². The Morgan fingerprint density at radius 2 is 2.15 bits per heavy atom. The highest BCUT2D eigenvalue weighted by Crippen LogP contribution is 2.60. The molecule has 106 valence electrons. The molecule has 1 aromatic rings. The molecule has 2 heteroatoms. The molecule has 2 fully saturated rings. The third-order valence-electron chi connectivity index (χ3n) is 6.43. The zero-order valence-corrected chi connectivity index (χ0v) is 12.5. The second-order valence-corrected chi connectivity index (χ2v) is 7.34. The van der Waals surface area contributed by atoms with Crippen molar-refractivity contribution in [2.45, 2.75) is 57.4 Å². The van der Waals surface area contributed by atoms with Gasteiger partial charge in [0.1, 0.15) is 5.78 Å². The van der Waals surface area contributed by atoms with Crippen LogP contribution >= 0.6 is 0 Å². The van der Waals surface area contributed by atoms with Gasteiger partial charge in [-0.3, -0.25) is 4.79 Å². The first kappa shape index (κ1) is 12.6. The third-order valence-corrected chi connectivity index (χ3v) is 6.43. The molecule has 1 saturated carbocycles. The highest BCUT2D eigenvalue weighted by molar-refractivity contribution is 5.82. The number of Topliss-reactive ketones (excluding diaryl/α,β-unsaturated/α-hetero) is 1. The fourth-order valence-electron chi connectivity index (χ4n) is 5.20. The normalized spacial score (nSPS) is 39.1. The van der Waals surface area contributed by atoms with Crippen LogP contribution in [0.3, 0.4) is 0 Å². The summed E-state index contributed by atoms with van der Waals surface area (Å²) in [5.74, 6) is 0.470. The molecule has 0 radical (unpaired) electrons. The van der Waals surface area contributed by atoms with Crippen LogP contribution in [0, 0.1) is 12.3 Å². The zero-order valence-electron chi connectivity index (χ0n) is 12.5. The average molecular weight is 269 g/mol. The lowest BCUT2D eigenvalue weighted by molar-refractivity contribution is -0.129. The molecule has 0 spiro atoms. The Hall–Kier alpha value is -1.15. The van der Waals surface area contributed by atoms with Crippen molar-refractivity contribution in [1.82, 2.24) is 5.32 Å². The number of aryl methyl sites for hydroxylation is 1. The Balaban J connectivity index is 1.98. The van der Waals surface area contributed by atoms with Crippen molar-refractivity contribution in [2.75, 3.05) is 6.54 Å². The molecule has 3 aliphatic rings. The summed E-state index contributed by atoms with van der Waals surface area (Å²) in [7, 11) is 0. The number of piperidine rings is 1. The van der Waals surface area contributed by atoms with Gasteiger partial charge in [0.15, 0.2) is 0 Å². The largest absolute Gasteiger partial charge is 0.313 e. The lowest BCUT2D eigenvalue weighted by atomic mass is 9.45. The van der Waals surface area contributed by atoms with E-state index < -0.39 is 0 Å². The lowest BCUT2D eigenvalue weighted by Gasteiger charge is -2.62. The fraction of sp³-hybridized carbons (Fsp3) is 0.611. The van der Waals surface area contributed by atoms with E-state index >= 15 is 0 Å². The molecule has 3 atom stereocenters. The summed E-state index contributed by atoms with van der Waals surface area (Å²) >= 11 is 0. The summed E-state index contributed by atoms with van der Waals surface area (Å²) in [5, 5.41) is 3.74. The number of ketones is 1. The number of hydrogen-bond acceptors (Lipinski definition) is 2. The van der Waals surface area contributed by atoms with Crippen LogP contribution in [0.4, 0.5) is 0 Å². The van der Waals surface area contributed by atoms with Crippen molar-refractivity contribution in [3.8, 4) is 0 Å². The van der Waals surface area contributed by atoms with Crippen molar-refractivity contribution >= 4 is 5.78 Å². The van der Waals surface area contributed by atoms with Gasteiger partial charge >= 0.3 is 0 Å². The Kier molecular flexibility index (Phi) is 2.48. The number of hydrogen-bond donors (Lipinski definition) is 1. The van der Waals surface area contributed by atoms with Crippen LogP contribution in [0.2, 0.25) is 0 Å². The Morgan fingerprint density at radius 1 is 1.30 bits per heavy atom. The third kappa shape index (κ3) is 1.41. The summed E-state index contributed by atoms with van der Waals surface area (Å²) in [6, 6.07) is 7.43. The molecule has 1 heterocycles. The van der Waals surface area contributed by atoms with E-state index in [0.29, 0.717) is 11.8 Å². The molecule has 1 aromatic carbocycles. The van der Waals surface area contributed by atoms with E-state index in [0.717, 1.165) is 38.6 Å². The second kappa shape index (κ2) is 3.94. The van der Waals surface area contributed by atoms with Crippen LogP contribution in [-0.4, -0.2) is 18.4 Å². The number of nitrogens with one attached hydrogen (secondary N) is 1. The van der Waals surface area contributed by atoms with E-state index in [2.05, 4.69) is 37.4 Å². The van der Waals surface area contributed by atoms with Gasteiger partial charge in [-0.05, 0) is 49.3 Å². The molecular formula is C18H23NO. The molecule has 4 rings (SSSR count). The molecular weight excluding hydrogens is 246 g/mol. The molecule has 0 aromatic heterocycles. The van der Waals surface area contributed by atoms with Crippen LogP contribution in [0.5, 0.6) is 0 Å². The predicted molar refractivity (Wildman–Crippen MR) is 79.9 cm³/mol. The van der Waals surface area contributed by atoms with Gasteiger partial charge in [-0.1, -0.05) is 30.7 Å². The SMILES string of the molecule is Cc1ccc2c(c1)[C@]13CCN[C@H](C2)[C@]1(C)CCC(=O)C3. The quantitative estimate of drug-likeness (QED) is 0.784. The number of fused-ring (bicyclic) bond motifs is 1. The highest BCUT2D eigenvalue weighted by Gasteiger charge is 2.60.